The van der Waals surface area contributed by atoms with Crippen molar-refractivity contribution in [2.75, 3.05) is 4.72 Å². The molecule has 4 nitrogen and oxygen atoms in total. The number of anilines is 1. The first-order valence-electron chi connectivity index (χ1n) is 5.09. The number of rotatable bonds is 4. The summed E-state index contributed by atoms with van der Waals surface area (Å²) in [5.41, 5.74) is -0.0889. The second-order valence-electron chi connectivity index (χ2n) is 3.60. The van der Waals surface area contributed by atoms with Crippen molar-refractivity contribution in [1.29, 1.82) is 0 Å². The van der Waals surface area contributed by atoms with E-state index in [9.17, 15) is 17.2 Å². The molecule has 0 amide bonds. The van der Waals surface area contributed by atoms with Gasteiger partial charge in [-0.15, -0.1) is 11.3 Å². The molecule has 0 atom stereocenters. The van der Waals surface area contributed by atoms with Gasteiger partial charge in [-0.25, -0.2) is 17.2 Å². The molecular weight excluding hydrogens is 296 g/mol. The standard InChI is InChI=1S/C11H9F2NO3S2/c12-8-2-1-7(5-9(8)13)14-19(16,17)11-3-4-18-10(11)6-15/h1-5,14-15H,6H2. The van der Waals surface area contributed by atoms with Gasteiger partial charge in [0.15, 0.2) is 11.6 Å². The molecule has 0 spiro atoms. The Hall–Kier alpha value is -1.51. The molecule has 1 heterocycles. The Labute approximate surface area is 112 Å². The fourth-order valence-corrected chi connectivity index (χ4v) is 3.80. The Morgan fingerprint density at radius 1 is 1.21 bits per heavy atom. The van der Waals surface area contributed by atoms with Gasteiger partial charge in [0.05, 0.1) is 17.2 Å². The molecule has 0 aliphatic rings. The van der Waals surface area contributed by atoms with Crippen molar-refractivity contribution in [3.8, 4) is 0 Å². The van der Waals surface area contributed by atoms with Crippen LogP contribution in [0.15, 0.2) is 34.5 Å². The van der Waals surface area contributed by atoms with Crippen molar-refractivity contribution < 1.29 is 22.3 Å². The quantitative estimate of drug-likeness (QED) is 0.911. The summed E-state index contributed by atoms with van der Waals surface area (Å²) in [5.74, 6) is -2.21. The number of aliphatic hydroxyl groups is 1. The van der Waals surface area contributed by atoms with Crippen LogP contribution in [0.25, 0.3) is 0 Å². The summed E-state index contributed by atoms with van der Waals surface area (Å²) in [4.78, 5) is 0.194. The number of hydrogen-bond acceptors (Lipinski definition) is 4. The maximum Gasteiger partial charge on any atom is 0.263 e. The number of thiophene rings is 1. The molecule has 0 bridgehead atoms. The lowest BCUT2D eigenvalue weighted by molar-refractivity contribution is 0.282. The molecule has 2 aromatic rings. The van der Waals surface area contributed by atoms with E-state index >= 15 is 0 Å². The minimum atomic E-state index is -3.93. The zero-order chi connectivity index (χ0) is 14.0. The van der Waals surface area contributed by atoms with Crippen LogP contribution in [0.4, 0.5) is 14.5 Å². The average Bonchev–Trinajstić information content (AvgIpc) is 2.82. The molecule has 102 valence electrons. The number of sulfonamides is 1. The number of nitrogens with one attached hydrogen (secondary N) is 1. The fourth-order valence-electron chi connectivity index (χ4n) is 1.45. The van der Waals surface area contributed by atoms with E-state index in [1.165, 1.54) is 11.4 Å². The van der Waals surface area contributed by atoms with Crippen LogP contribution < -0.4 is 4.72 Å². The summed E-state index contributed by atoms with van der Waals surface area (Å²) < 4.78 is 51.9. The lowest BCUT2D eigenvalue weighted by Gasteiger charge is -2.08. The zero-order valence-corrected chi connectivity index (χ0v) is 11.1. The third kappa shape index (κ3) is 2.91. The van der Waals surface area contributed by atoms with Crippen LogP contribution >= 0.6 is 11.3 Å². The monoisotopic (exact) mass is 305 g/mol. The molecule has 0 unspecified atom stereocenters. The van der Waals surface area contributed by atoms with E-state index in [1.54, 1.807) is 0 Å². The lowest BCUT2D eigenvalue weighted by Crippen LogP contribution is -2.14. The van der Waals surface area contributed by atoms with Crippen LogP contribution in [0.5, 0.6) is 0 Å². The first kappa shape index (κ1) is 13.9. The highest BCUT2D eigenvalue weighted by Crippen LogP contribution is 2.24. The maximum atomic E-state index is 13.0. The topological polar surface area (TPSA) is 66.4 Å². The fraction of sp³-hybridized carbons (Fsp3) is 0.0909. The van der Waals surface area contributed by atoms with E-state index in [-0.39, 0.29) is 15.5 Å². The highest BCUT2D eigenvalue weighted by atomic mass is 32.2. The maximum absolute atomic E-state index is 13.0. The predicted octanol–water partition coefficient (Wildman–Crippen LogP) is 2.32. The van der Waals surface area contributed by atoms with Gasteiger partial charge in [-0.3, -0.25) is 4.72 Å². The summed E-state index contributed by atoms with van der Waals surface area (Å²) in [6.45, 7) is -0.411. The molecule has 0 aliphatic carbocycles. The van der Waals surface area contributed by atoms with Gasteiger partial charge in [-0.2, -0.15) is 0 Å². The number of aliphatic hydroxyl groups excluding tert-OH is 1. The lowest BCUT2D eigenvalue weighted by atomic mass is 10.3. The Morgan fingerprint density at radius 2 is 1.95 bits per heavy atom. The van der Waals surface area contributed by atoms with E-state index in [1.807, 2.05) is 0 Å². The van der Waals surface area contributed by atoms with E-state index < -0.39 is 28.3 Å². The van der Waals surface area contributed by atoms with Crippen molar-refractivity contribution in [1.82, 2.24) is 0 Å². The van der Waals surface area contributed by atoms with Crippen molar-refractivity contribution in [2.45, 2.75) is 11.5 Å². The van der Waals surface area contributed by atoms with E-state index in [0.717, 1.165) is 29.5 Å². The first-order valence-corrected chi connectivity index (χ1v) is 7.45. The molecule has 1 aromatic heterocycles. The summed E-state index contributed by atoms with van der Waals surface area (Å²) in [6, 6.07) is 4.02. The van der Waals surface area contributed by atoms with E-state index in [0.29, 0.717) is 0 Å². The molecule has 0 saturated heterocycles. The predicted molar refractivity (Wildman–Crippen MR) is 67.4 cm³/mol. The van der Waals surface area contributed by atoms with Crippen molar-refractivity contribution in [2.24, 2.45) is 0 Å². The van der Waals surface area contributed by atoms with E-state index in [4.69, 9.17) is 5.11 Å². The third-order valence-corrected chi connectivity index (χ3v) is 4.81. The van der Waals surface area contributed by atoms with Crippen LogP contribution in [-0.2, 0) is 16.6 Å². The summed E-state index contributed by atoms with van der Waals surface area (Å²) in [6.07, 6.45) is 0. The molecular formula is C11H9F2NO3S2. The van der Waals surface area contributed by atoms with Gasteiger partial charge in [0.1, 0.15) is 4.90 Å². The van der Waals surface area contributed by atoms with Crippen molar-refractivity contribution in [3.63, 3.8) is 0 Å². The van der Waals surface area contributed by atoms with Gasteiger partial charge in [0.2, 0.25) is 0 Å². The van der Waals surface area contributed by atoms with Gasteiger partial charge in [0, 0.05) is 6.07 Å². The van der Waals surface area contributed by atoms with Gasteiger partial charge < -0.3 is 5.11 Å². The normalized spacial score (nSPS) is 11.5. The molecule has 0 radical (unpaired) electrons. The highest BCUT2D eigenvalue weighted by Gasteiger charge is 2.20. The smallest absolute Gasteiger partial charge is 0.263 e. The molecule has 2 rings (SSSR count). The van der Waals surface area contributed by atoms with Gasteiger partial charge in [-0.05, 0) is 23.6 Å². The Bertz CT molecular complexity index is 698. The molecule has 0 fully saturated rings. The van der Waals surface area contributed by atoms with Gasteiger partial charge in [0.25, 0.3) is 10.0 Å². The number of benzene rings is 1. The summed E-state index contributed by atoms with van der Waals surface area (Å²) in [7, 11) is -3.93. The largest absolute Gasteiger partial charge is 0.391 e. The molecule has 8 heteroatoms. The SMILES string of the molecule is O=S(=O)(Nc1ccc(F)c(F)c1)c1ccsc1CO. The Kier molecular flexibility index (Phi) is 3.83. The molecule has 19 heavy (non-hydrogen) atoms. The second-order valence-corrected chi connectivity index (χ2v) is 6.25. The second kappa shape index (κ2) is 5.24. The van der Waals surface area contributed by atoms with Crippen LogP contribution in [-0.4, -0.2) is 13.5 Å². The van der Waals surface area contributed by atoms with Crippen LogP contribution in [0, 0.1) is 11.6 Å². The third-order valence-electron chi connectivity index (χ3n) is 2.31. The molecule has 0 saturated carbocycles. The molecule has 1 aromatic carbocycles. The first-order chi connectivity index (χ1) is 8.94. The van der Waals surface area contributed by atoms with Gasteiger partial charge in [-0.1, -0.05) is 0 Å². The van der Waals surface area contributed by atoms with Crippen LogP contribution in [0.3, 0.4) is 0 Å². The van der Waals surface area contributed by atoms with Gasteiger partial charge >= 0.3 is 0 Å². The Morgan fingerprint density at radius 3 is 2.58 bits per heavy atom. The van der Waals surface area contributed by atoms with Crippen LogP contribution in [0.1, 0.15) is 4.88 Å². The number of halogens is 2. The van der Waals surface area contributed by atoms with Crippen LogP contribution in [0.2, 0.25) is 0 Å². The average molecular weight is 305 g/mol. The van der Waals surface area contributed by atoms with Crippen molar-refractivity contribution >= 4 is 27.0 Å². The zero-order valence-electron chi connectivity index (χ0n) is 9.43. The Balaban J connectivity index is 2.34. The summed E-state index contributed by atoms with van der Waals surface area (Å²) in [5, 5.41) is 10.5. The molecule has 2 N–H and O–H groups in total. The van der Waals surface area contributed by atoms with Crippen molar-refractivity contribution in [3.05, 3.63) is 46.2 Å². The van der Waals surface area contributed by atoms with E-state index in [2.05, 4.69) is 4.72 Å². The summed E-state index contributed by atoms with van der Waals surface area (Å²) >= 11 is 1.09. The number of hydrogen-bond donors (Lipinski definition) is 2. The minimum Gasteiger partial charge on any atom is -0.391 e. The molecule has 0 aliphatic heterocycles. The highest BCUT2D eigenvalue weighted by molar-refractivity contribution is 7.93. The minimum absolute atomic E-state index is 0.0790.